The maximum absolute atomic E-state index is 14.2. The first-order valence-corrected chi connectivity index (χ1v) is 43.5. The van der Waals surface area contributed by atoms with Gasteiger partial charge in [-0.05, 0) is 150 Å². The molecule has 1 unspecified atom stereocenters. The maximum atomic E-state index is 14.2. The Morgan fingerprint density at radius 3 is 1.80 bits per heavy atom. The Bertz CT molecular complexity index is 5240. The summed E-state index contributed by atoms with van der Waals surface area (Å²) in [6, 6.07) is 26.3. The number of quaternary nitrogens is 1. The number of fused-ring (bicyclic) bond motifs is 6. The number of aliphatic imine (C=N–C) groups is 2. The van der Waals surface area contributed by atoms with Crippen LogP contribution in [0.1, 0.15) is 106 Å². The Balaban J connectivity index is 0.557. The van der Waals surface area contributed by atoms with Crippen LogP contribution in [0.3, 0.4) is 0 Å². The zero-order chi connectivity index (χ0) is 86.1. The van der Waals surface area contributed by atoms with E-state index in [9.17, 15) is 57.6 Å². The molecule has 2 fully saturated rings. The van der Waals surface area contributed by atoms with E-state index in [4.69, 9.17) is 61.0 Å². The lowest BCUT2D eigenvalue weighted by Gasteiger charge is -2.39. The fourth-order valence-corrected chi connectivity index (χ4v) is 18.6. The first-order chi connectivity index (χ1) is 59.4. The van der Waals surface area contributed by atoms with Crippen molar-refractivity contribution in [1.82, 2.24) is 40.3 Å². The molecule has 8 aromatic rings. The highest BCUT2D eigenvalue weighted by Crippen LogP contribution is 2.43. The van der Waals surface area contributed by atoms with E-state index in [2.05, 4.69) is 33.1 Å². The topological polar surface area (TPSA) is 408 Å². The average molecular weight is 1750 g/mol. The Morgan fingerprint density at radius 1 is 0.610 bits per heavy atom. The van der Waals surface area contributed by atoms with Gasteiger partial charge in [0.2, 0.25) is 12.2 Å². The van der Waals surface area contributed by atoms with Crippen LogP contribution in [0, 0.1) is 11.8 Å². The van der Waals surface area contributed by atoms with Crippen LogP contribution < -0.4 is 42.7 Å². The fraction of sp³-hybridized carbons (Fsp3) is 0.419. The molecule has 7 atom stereocenters. The van der Waals surface area contributed by atoms with Crippen molar-refractivity contribution in [3.63, 3.8) is 0 Å². The van der Waals surface area contributed by atoms with Crippen molar-refractivity contribution >= 4 is 92.3 Å². The van der Waals surface area contributed by atoms with E-state index >= 15 is 0 Å². The molecule has 0 radical (unpaired) electrons. The molecule has 1 saturated heterocycles. The van der Waals surface area contributed by atoms with Gasteiger partial charge in [-0.15, -0.1) is 36.2 Å². The molecule has 1 saturated carbocycles. The van der Waals surface area contributed by atoms with Crippen molar-refractivity contribution in [3.8, 4) is 40.2 Å². The van der Waals surface area contributed by atoms with Crippen LogP contribution >= 0.6 is 22.7 Å². The zero-order valence-corrected chi connectivity index (χ0v) is 70.5. The smallest absolute Gasteiger partial charge is 0.493 e. The van der Waals surface area contributed by atoms with Gasteiger partial charge < -0.3 is 96.3 Å². The Labute approximate surface area is 717 Å². The van der Waals surface area contributed by atoms with Gasteiger partial charge in [0.25, 0.3) is 29.5 Å². The maximum Gasteiger partial charge on any atom is 0.501 e. The second-order valence-electron chi connectivity index (χ2n) is 31.6. The molecule has 6 aliphatic heterocycles. The molecule has 1 aliphatic carbocycles. The number of aliphatic hydroxyl groups is 4. The number of amides is 6. The molecular weight excluding hydrogens is 1650 g/mol. The Kier molecular flexibility index (Phi) is 27.4. The number of methoxy groups -OCH3 is 2. The minimum atomic E-state index is -5.09. The number of rotatable bonds is 37. The SMILES string of the molecule is COc1cc2c(cc1OCc1cc(COc3cc4c(cc3OC)C(=O)N3Cc5ccsc5C[C@H]3C=N4)cc(C[N+](C)(C)Cc3ccc(OS(=O)(=O)Oc4cc(C(=O)NCCOCCn5cc(COCCOCCNC(=O)C6CCC(CN7C(=O)C=CC7=O)CC6)nn5)ccc4OC4O[C@H](CO)[C@H](O)[C@H](O)[C@H]4O)cc3)c1)N=C[C@@H]1Cc3sccc3CN1C2=O. The third kappa shape index (κ3) is 21.1. The normalized spacial score (nSPS) is 20.9. The van der Waals surface area contributed by atoms with Gasteiger partial charge in [-0.1, -0.05) is 5.21 Å². The number of nitrogens with zero attached hydrogens (tertiary/aromatic N) is 9. The van der Waals surface area contributed by atoms with E-state index < -0.39 is 65.1 Å². The van der Waals surface area contributed by atoms with E-state index in [1.54, 1.807) is 70.0 Å². The fourth-order valence-electron chi connectivity index (χ4n) is 16.0. The summed E-state index contributed by atoms with van der Waals surface area (Å²) < 4.78 is 94.4. The average Bonchev–Trinajstić information content (AvgIpc) is 1.61. The summed E-state index contributed by atoms with van der Waals surface area (Å²) in [7, 11) is 2.02. The number of carbonyl (C=O) groups excluding carboxylic acids is 6. The van der Waals surface area contributed by atoms with Crippen molar-refractivity contribution in [2.24, 2.45) is 21.8 Å². The summed E-state index contributed by atoms with van der Waals surface area (Å²) in [5.74, 6) is -1.28. The third-order valence-corrected chi connectivity index (χ3v) is 25.1. The second-order valence-corrected chi connectivity index (χ2v) is 34.7. The molecule has 6 amide bonds. The highest BCUT2D eigenvalue weighted by Gasteiger charge is 2.46. The van der Waals surface area contributed by atoms with Gasteiger partial charge in [-0.25, -0.2) is 4.68 Å². The third-order valence-electron chi connectivity index (χ3n) is 22.3. The first-order valence-electron chi connectivity index (χ1n) is 40.4. The minimum Gasteiger partial charge on any atom is -0.493 e. The molecule has 37 heteroatoms. The van der Waals surface area contributed by atoms with Crippen LogP contribution in [-0.2, 0) is 109 Å². The van der Waals surface area contributed by atoms with Gasteiger partial charge >= 0.3 is 10.4 Å². The van der Waals surface area contributed by atoms with Crippen molar-refractivity contribution in [2.75, 3.05) is 87.6 Å². The number of nitrogens with one attached hydrogen (secondary N) is 2. The molecular formula is C86H96N11O23S3+. The van der Waals surface area contributed by atoms with Gasteiger partial charge in [0.1, 0.15) is 62.2 Å². The number of imide groups is 1. The summed E-state index contributed by atoms with van der Waals surface area (Å²) in [6.45, 7) is 3.43. The minimum absolute atomic E-state index is 0.00406. The lowest BCUT2D eigenvalue weighted by Crippen LogP contribution is -2.60. The zero-order valence-electron chi connectivity index (χ0n) is 68.0. The quantitative estimate of drug-likeness (QED) is 0.0135. The number of hydrogen-bond acceptors (Lipinski definition) is 29. The summed E-state index contributed by atoms with van der Waals surface area (Å²) >= 11 is 3.35. The Morgan fingerprint density at radius 2 is 1.20 bits per heavy atom. The van der Waals surface area contributed by atoms with Crippen LogP contribution in [0.4, 0.5) is 11.4 Å². The number of thiophene rings is 2. The predicted octanol–water partition coefficient (Wildman–Crippen LogP) is 6.63. The van der Waals surface area contributed by atoms with E-state index in [1.165, 1.54) is 59.2 Å². The van der Waals surface area contributed by atoms with Gasteiger partial charge in [0.15, 0.2) is 34.5 Å². The molecule has 3 aromatic heterocycles. The number of aromatic nitrogens is 3. The van der Waals surface area contributed by atoms with Crippen molar-refractivity contribution in [3.05, 3.63) is 192 Å². The largest absolute Gasteiger partial charge is 0.501 e. The van der Waals surface area contributed by atoms with E-state index in [-0.39, 0.29) is 118 Å². The summed E-state index contributed by atoms with van der Waals surface area (Å²) in [5.41, 5.74) is 7.63. The van der Waals surface area contributed by atoms with Crippen LogP contribution in [0.15, 0.2) is 136 Å². The molecule has 650 valence electrons. The van der Waals surface area contributed by atoms with Gasteiger partial charge in [-0.2, -0.15) is 0 Å². The lowest BCUT2D eigenvalue weighted by atomic mass is 9.81. The van der Waals surface area contributed by atoms with Gasteiger partial charge in [0, 0.05) is 115 Å². The van der Waals surface area contributed by atoms with E-state index in [0.717, 1.165) is 58.4 Å². The molecule has 6 N–H and O–H groups in total. The first kappa shape index (κ1) is 86.9. The lowest BCUT2D eigenvalue weighted by molar-refractivity contribution is -0.916. The molecule has 0 spiro atoms. The van der Waals surface area contributed by atoms with Gasteiger partial charge in [0.05, 0.1) is 122 Å². The highest BCUT2D eigenvalue weighted by molar-refractivity contribution is 7.82. The highest BCUT2D eigenvalue weighted by atomic mass is 32.3. The molecule has 123 heavy (non-hydrogen) atoms. The molecule has 0 bridgehead atoms. The summed E-state index contributed by atoms with van der Waals surface area (Å²) in [6.07, 6.45) is 3.46. The molecule has 7 aliphatic rings. The van der Waals surface area contributed by atoms with Crippen LogP contribution in [0.25, 0.3) is 0 Å². The predicted molar refractivity (Wildman–Crippen MR) is 446 cm³/mol. The summed E-state index contributed by atoms with van der Waals surface area (Å²) in [4.78, 5) is 95.9. The number of benzene rings is 5. The second kappa shape index (κ2) is 38.8. The van der Waals surface area contributed by atoms with Crippen LogP contribution in [0.5, 0.6) is 40.2 Å². The van der Waals surface area contributed by atoms with Crippen molar-refractivity contribution in [2.45, 2.75) is 134 Å². The standard InChI is InChI=1S/C86H95N11O23S3/c1-97(2,46-53-29-54(48-115-71-37-66-64(35-69(71)110-3)84(106)94-42-58-17-27-121-75(58)33-61(94)39-89-66)31-55(30-53)49-116-72-38-67-65(36-70(72)111-4)85(107)95-43-59-18-28-122-76(59)34-62(95)40-90-67)45-52-7-12-63(13-8-52)119-123(108,109)120-73-32-57(11-14-68(73)117-86-81(103)80(102)79(101)74(47-98)118-86)83(105)88-19-22-112-24-21-93-44-60(91-92-93)50-114-26-25-113-23-20-87-82(104)56-9-5-51(6-10-56)41-96-77(99)15-16-78(96)100/h7-8,11-18,27-32,35-40,44,51,56,61-62,74,79-81,86,98,101-103H,5-6,9-10,19-26,33-34,41-43,45-50H2,1-4H3,(H-,87,88,104,105)/p+1/t51?,56?,61-,62-,74+,79-,80-,81+,86?/m0/s1. The van der Waals surface area contributed by atoms with Crippen LogP contribution in [-0.4, -0.2) is 241 Å². The monoisotopic (exact) mass is 1750 g/mol. The molecule has 5 aromatic carbocycles. The van der Waals surface area contributed by atoms with Crippen molar-refractivity contribution < 1.29 is 113 Å². The van der Waals surface area contributed by atoms with Crippen LogP contribution in [0.2, 0.25) is 0 Å². The van der Waals surface area contributed by atoms with Gasteiger partial charge in [-0.3, -0.25) is 43.7 Å². The number of hydrogen-bond donors (Lipinski definition) is 6. The molecule has 34 nitrogen and oxygen atoms in total. The molecule has 9 heterocycles. The molecule has 15 rings (SSSR count). The Hall–Kier alpha value is -11.1. The van der Waals surface area contributed by atoms with Crippen molar-refractivity contribution in [1.29, 1.82) is 0 Å². The number of ether oxygens (including phenoxy) is 9. The van der Waals surface area contributed by atoms with E-state index in [0.29, 0.717) is 134 Å². The number of carbonyl (C=O) groups is 6. The summed E-state index contributed by atoms with van der Waals surface area (Å²) in [5, 5.41) is 59.9. The number of aliphatic hydroxyl groups excluding tert-OH is 4. The van der Waals surface area contributed by atoms with E-state index in [1.807, 2.05) is 65.3 Å².